The van der Waals surface area contributed by atoms with Gasteiger partial charge >= 0.3 is 0 Å². The van der Waals surface area contributed by atoms with Crippen molar-refractivity contribution < 1.29 is 0 Å². The van der Waals surface area contributed by atoms with E-state index in [2.05, 4.69) is 76.6 Å². The van der Waals surface area contributed by atoms with Crippen LogP contribution in [0, 0.1) is 6.92 Å². The van der Waals surface area contributed by atoms with E-state index in [1.165, 1.54) is 22.3 Å². The average molecular weight is 356 g/mol. The minimum Gasteiger partial charge on any atom is -0.298 e. The van der Waals surface area contributed by atoms with Crippen molar-refractivity contribution >= 4 is 11.0 Å². The van der Waals surface area contributed by atoms with Crippen LogP contribution in [-0.2, 0) is 20.1 Å². The highest BCUT2D eigenvalue weighted by Crippen LogP contribution is 2.21. The molecule has 0 amide bonds. The van der Waals surface area contributed by atoms with Crippen molar-refractivity contribution in [2.45, 2.75) is 20.0 Å². The first kappa shape index (κ1) is 17.4. The summed E-state index contributed by atoms with van der Waals surface area (Å²) in [5.41, 5.74) is 6.99. The topological polar surface area (TPSA) is 34.0 Å². The zero-order chi connectivity index (χ0) is 18.8. The van der Waals surface area contributed by atoms with Crippen LogP contribution >= 0.6 is 0 Å². The van der Waals surface area contributed by atoms with Gasteiger partial charge in [0.1, 0.15) is 0 Å². The Hall–Kier alpha value is -2.98. The fourth-order valence-electron chi connectivity index (χ4n) is 3.55. The highest BCUT2D eigenvalue weighted by molar-refractivity contribution is 5.78. The Morgan fingerprint density at radius 2 is 1.56 bits per heavy atom. The first-order valence-electron chi connectivity index (χ1n) is 9.21. The standard InChI is InChI=1S/C23H24N4/c1-17-22-13-19(14-24-23(22)27(3)25-17)16-26(2)15-18-9-11-21(12-10-18)20-7-5-4-6-8-20/h4-14H,15-16H2,1-3H3. The highest BCUT2D eigenvalue weighted by atomic mass is 15.3. The largest absolute Gasteiger partial charge is 0.298 e. The van der Waals surface area contributed by atoms with Crippen LogP contribution in [0.5, 0.6) is 0 Å². The van der Waals surface area contributed by atoms with E-state index in [1.54, 1.807) is 0 Å². The molecule has 0 aliphatic carbocycles. The summed E-state index contributed by atoms with van der Waals surface area (Å²) in [5, 5.41) is 5.59. The number of aromatic nitrogens is 3. The maximum atomic E-state index is 4.58. The molecule has 27 heavy (non-hydrogen) atoms. The summed E-state index contributed by atoms with van der Waals surface area (Å²) >= 11 is 0. The van der Waals surface area contributed by atoms with Gasteiger partial charge in [0.05, 0.1) is 5.69 Å². The van der Waals surface area contributed by atoms with Crippen molar-refractivity contribution in [3.63, 3.8) is 0 Å². The molecular formula is C23H24N4. The summed E-state index contributed by atoms with van der Waals surface area (Å²) in [4.78, 5) is 6.89. The first-order chi connectivity index (χ1) is 13.1. The van der Waals surface area contributed by atoms with Gasteiger partial charge in [-0.2, -0.15) is 5.10 Å². The zero-order valence-electron chi connectivity index (χ0n) is 16.1. The average Bonchev–Trinajstić information content (AvgIpc) is 2.96. The summed E-state index contributed by atoms with van der Waals surface area (Å²) in [6, 6.07) is 21.5. The third kappa shape index (κ3) is 3.76. The summed E-state index contributed by atoms with van der Waals surface area (Å²) in [6.45, 7) is 3.79. The van der Waals surface area contributed by atoms with Gasteiger partial charge in [0.2, 0.25) is 0 Å². The zero-order valence-corrected chi connectivity index (χ0v) is 16.1. The highest BCUT2D eigenvalue weighted by Gasteiger charge is 2.09. The van der Waals surface area contributed by atoms with Crippen LogP contribution in [-0.4, -0.2) is 26.7 Å². The Bertz CT molecular complexity index is 1050. The van der Waals surface area contributed by atoms with Gasteiger partial charge in [0.25, 0.3) is 0 Å². The van der Waals surface area contributed by atoms with Crippen LogP contribution in [0.3, 0.4) is 0 Å². The molecule has 0 saturated carbocycles. The van der Waals surface area contributed by atoms with Crippen molar-refractivity contribution in [1.82, 2.24) is 19.7 Å². The number of hydrogen-bond donors (Lipinski definition) is 0. The molecule has 4 heteroatoms. The lowest BCUT2D eigenvalue weighted by molar-refractivity contribution is 0.319. The molecule has 0 atom stereocenters. The third-order valence-electron chi connectivity index (χ3n) is 4.89. The fourth-order valence-corrected chi connectivity index (χ4v) is 3.55. The molecule has 0 unspecified atom stereocenters. The van der Waals surface area contributed by atoms with E-state index >= 15 is 0 Å². The van der Waals surface area contributed by atoms with Crippen LogP contribution in [0.1, 0.15) is 16.8 Å². The number of fused-ring (bicyclic) bond motifs is 1. The van der Waals surface area contributed by atoms with Crippen molar-refractivity contribution in [3.8, 4) is 11.1 Å². The lowest BCUT2D eigenvalue weighted by atomic mass is 10.0. The number of benzene rings is 2. The van der Waals surface area contributed by atoms with Crippen LogP contribution in [0.15, 0.2) is 66.9 Å². The predicted octanol–water partition coefficient (Wildman–Crippen LogP) is 4.58. The molecule has 4 nitrogen and oxygen atoms in total. The number of rotatable bonds is 5. The van der Waals surface area contributed by atoms with Gasteiger partial charge in [-0.25, -0.2) is 4.98 Å². The molecule has 0 radical (unpaired) electrons. The minimum atomic E-state index is 0.859. The summed E-state index contributed by atoms with van der Waals surface area (Å²) in [5.74, 6) is 0. The number of hydrogen-bond acceptors (Lipinski definition) is 3. The fraction of sp³-hybridized carbons (Fsp3) is 0.217. The summed E-state index contributed by atoms with van der Waals surface area (Å²) in [7, 11) is 4.08. The third-order valence-corrected chi connectivity index (χ3v) is 4.89. The Labute approximate surface area is 160 Å². The predicted molar refractivity (Wildman–Crippen MR) is 110 cm³/mol. The van der Waals surface area contributed by atoms with Gasteiger partial charge in [0.15, 0.2) is 5.65 Å². The van der Waals surface area contributed by atoms with Crippen molar-refractivity contribution in [1.29, 1.82) is 0 Å². The lowest BCUT2D eigenvalue weighted by Crippen LogP contribution is -2.17. The van der Waals surface area contributed by atoms with E-state index in [9.17, 15) is 0 Å². The van der Waals surface area contributed by atoms with Crippen molar-refractivity contribution in [2.75, 3.05) is 7.05 Å². The molecule has 0 spiro atoms. The van der Waals surface area contributed by atoms with Gasteiger partial charge in [-0.05, 0) is 42.3 Å². The molecule has 0 aliphatic rings. The maximum absolute atomic E-state index is 4.58. The monoisotopic (exact) mass is 356 g/mol. The second kappa shape index (κ2) is 7.33. The first-order valence-corrected chi connectivity index (χ1v) is 9.21. The summed E-state index contributed by atoms with van der Waals surface area (Å²) < 4.78 is 1.84. The van der Waals surface area contributed by atoms with E-state index in [4.69, 9.17) is 0 Å². The van der Waals surface area contributed by atoms with Crippen LogP contribution in [0.4, 0.5) is 0 Å². The maximum Gasteiger partial charge on any atom is 0.157 e. The molecule has 4 aromatic rings. The van der Waals surface area contributed by atoms with E-state index in [0.29, 0.717) is 0 Å². The quantitative estimate of drug-likeness (QED) is 0.525. The molecule has 0 fully saturated rings. The van der Waals surface area contributed by atoms with Crippen molar-refractivity contribution in [2.24, 2.45) is 7.05 Å². The van der Waals surface area contributed by atoms with Crippen LogP contribution < -0.4 is 0 Å². The van der Waals surface area contributed by atoms with Gasteiger partial charge in [-0.1, -0.05) is 54.6 Å². The van der Waals surface area contributed by atoms with Crippen LogP contribution in [0.2, 0.25) is 0 Å². The normalized spacial score (nSPS) is 11.4. The van der Waals surface area contributed by atoms with Gasteiger partial charge in [-0.15, -0.1) is 0 Å². The Kier molecular flexibility index (Phi) is 4.73. The van der Waals surface area contributed by atoms with Gasteiger partial charge in [-0.3, -0.25) is 9.58 Å². The molecule has 0 bridgehead atoms. The SMILES string of the molecule is Cc1nn(C)c2ncc(CN(C)Cc3ccc(-c4ccccc4)cc3)cc12. The van der Waals surface area contributed by atoms with E-state index in [-0.39, 0.29) is 0 Å². The molecule has 2 heterocycles. The summed E-state index contributed by atoms with van der Waals surface area (Å²) in [6.07, 6.45) is 1.96. The van der Waals surface area contributed by atoms with Gasteiger partial charge < -0.3 is 0 Å². The molecule has 0 saturated heterocycles. The van der Waals surface area contributed by atoms with Crippen LogP contribution in [0.25, 0.3) is 22.2 Å². The second-order valence-electron chi connectivity index (χ2n) is 7.16. The number of aryl methyl sites for hydroxylation is 2. The molecular weight excluding hydrogens is 332 g/mol. The van der Waals surface area contributed by atoms with Gasteiger partial charge in [0, 0.05) is 31.7 Å². The Morgan fingerprint density at radius 1 is 0.889 bits per heavy atom. The second-order valence-corrected chi connectivity index (χ2v) is 7.16. The minimum absolute atomic E-state index is 0.859. The Morgan fingerprint density at radius 3 is 2.30 bits per heavy atom. The van der Waals surface area contributed by atoms with E-state index < -0.39 is 0 Å². The smallest absolute Gasteiger partial charge is 0.157 e. The molecule has 2 aromatic carbocycles. The van der Waals surface area contributed by atoms with E-state index in [1.807, 2.05) is 30.9 Å². The van der Waals surface area contributed by atoms with E-state index in [0.717, 1.165) is 29.8 Å². The van der Waals surface area contributed by atoms with Crippen molar-refractivity contribution in [3.05, 3.63) is 83.7 Å². The molecule has 4 rings (SSSR count). The molecule has 0 aliphatic heterocycles. The molecule has 0 N–H and O–H groups in total. The number of nitrogens with zero attached hydrogens (tertiary/aromatic N) is 4. The number of pyridine rings is 1. The Balaban J connectivity index is 1.45. The molecule has 2 aromatic heterocycles. The molecule has 136 valence electrons. The lowest BCUT2D eigenvalue weighted by Gasteiger charge is -2.17.